The summed E-state index contributed by atoms with van der Waals surface area (Å²) in [4.78, 5) is 14.6. The topological polar surface area (TPSA) is 66.5 Å². The van der Waals surface area contributed by atoms with Crippen LogP contribution in [-0.4, -0.2) is 6.09 Å². The lowest BCUT2D eigenvalue weighted by Gasteiger charge is -2.06. The van der Waals surface area contributed by atoms with Crippen molar-refractivity contribution >= 4 is 17.5 Å². The second-order valence-corrected chi connectivity index (χ2v) is 3.83. The van der Waals surface area contributed by atoms with Crippen LogP contribution in [0.5, 0.6) is 0 Å². The highest BCUT2D eigenvalue weighted by atomic mass is 16.5. The van der Waals surface area contributed by atoms with Gasteiger partial charge in [0.2, 0.25) is 5.39 Å². The molecular weight excluding hydrogens is 242 g/mol. The fraction of sp³-hybridized carbons (Fsp3) is 0.0714. The van der Waals surface area contributed by atoms with Crippen LogP contribution in [0.1, 0.15) is 5.56 Å². The van der Waals surface area contributed by atoms with Crippen LogP contribution < -0.4 is 5.32 Å². The summed E-state index contributed by atoms with van der Waals surface area (Å²) in [6.45, 7) is 0.219. The van der Waals surface area contributed by atoms with E-state index in [1.807, 2.05) is 30.3 Å². The van der Waals surface area contributed by atoms with Crippen LogP contribution >= 0.6 is 0 Å². The first kappa shape index (κ1) is 12.6. The van der Waals surface area contributed by atoms with Crippen LogP contribution in [0, 0.1) is 5.39 Å². The number of nitrogens with one attached hydrogen (secondary N) is 1. The molecule has 0 aliphatic heterocycles. The van der Waals surface area contributed by atoms with Gasteiger partial charge in [-0.3, -0.25) is 5.32 Å². The molecule has 0 saturated heterocycles. The Kier molecular flexibility index (Phi) is 4.09. The largest absolute Gasteiger partial charge is 0.444 e. The molecule has 0 heterocycles. The molecule has 0 aliphatic rings. The summed E-state index contributed by atoms with van der Waals surface area (Å²) in [5, 5.41) is 11.1. The molecule has 0 radical (unpaired) electrons. The zero-order chi connectivity index (χ0) is 13.5. The van der Waals surface area contributed by atoms with Gasteiger partial charge in [0.1, 0.15) is 6.61 Å². The van der Waals surface area contributed by atoms with Crippen molar-refractivity contribution in [3.63, 3.8) is 0 Å². The summed E-state index contributed by atoms with van der Waals surface area (Å²) in [5.74, 6) is 0. The van der Waals surface area contributed by atoms with E-state index < -0.39 is 6.09 Å². The number of amides is 1. The first-order valence-electron chi connectivity index (χ1n) is 5.71. The number of hydrogen-bond acceptors (Lipinski definition) is 3. The third-order valence-corrected chi connectivity index (χ3v) is 2.44. The number of hydrogen-bond donors (Lipinski definition) is 1. The van der Waals surface area contributed by atoms with Crippen LogP contribution in [0.2, 0.25) is 0 Å². The highest BCUT2D eigenvalue weighted by Crippen LogP contribution is 2.16. The first-order chi connectivity index (χ1) is 9.28. The number of nitrogens with zero attached hydrogens (tertiary/aromatic N) is 2. The number of benzene rings is 2. The van der Waals surface area contributed by atoms with Gasteiger partial charge in [0, 0.05) is 17.8 Å². The number of anilines is 1. The van der Waals surface area contributed by atoms with E-state index in [0.717, 1.165) is 5.56 Å². The van der Waals surface area contributed by atoms with E-state index in [-0.39, 0.29) is 6.61 Å². The van der Waals surface area contributed by atoms with Crippen molar-refractivity contribution in [1.82, 2.24) is 0 Å². The molecule has 1 amide bonds. The number of carbonyl (C=O) groups is 1. The summed E-state index contributed by atoms with van der Waals surface area (Å²) in [6, 6.07) is 15.8. The maximum absolute atomic E-state index is 11.5. The van der Waals surface area contributed by atoms with Crippen LogP contribution in [0.25, 0.3) is 4.98 Å². The molecule has 2 rings (SSSR count). The van der Waals surface area contributed by atoms with Crippen molar-refractivity contribution < 1.29 is 9.53 Å². The zero-order valence-electron chi connectivity index (χ0n) is 10.1. The zero-order valence-corrected chi connectivity index (χ0v) is 10.1. The third-order valence-electron chi connectivity index (χ3n) is 2.44. The molecule has 2 aromatic carbocycles. The van der Waals surface area contributed by atoms with Crippen LogP contribution in [0.3, 0.4) is 0 Å². The Hall–Kier alpha value is -2.87. The minimum Gasteiger partial charge on any atom is -0.444 e. The lowest BCUT2D eigenvalue weighted by Crippen LogP contribution is -2.13. The van der Waals surface area contributed by atoms with Gasteiger partial charge in [-0.05, 0) is 17.7 Å². The Morgan fingerprint density at radius 1 is 1.11 bits per heavy atom. The Morgan fingerprint density at radius 3 is 2.42 bits per heavy atom. The van der Waals surface area contributed by atoms with Gasteiger partial charge in [-0.15, -0.1) is 0 Å². The molecule has 0 fully saturated rings. The van der Waals surface area contributed by atoms with Gasteiger partial charge in [0.05, 0.1) is 0 Å². The van der Waals surface area contributed by atoms with Gasteiger partial charge < -0.3 is 4.74 Å². The lowest BCUT2D eigenvalue weighted by atomic mass is 10.2. The second-order valence-electron chi connectivity index (χ2n) is 3.83. The third kappa shape index (κ3) is 3.82. The molecule has 0 spiro atoms. The highest BCUT2D eigenvalue weighted by molar-refractivity contribution is 5.84. The molecule has 0 unspecified atom stereocenters. The van der Waals surface area contributed by atoms with Gasteiger partial charge >= 0.3 is 11.8 Å². The van der Waals surface area contributed by atoms with Gasteiger partial charge in [-0.2, -0.15) is 0 Å². The Bertz CT molecular complexity index is 588. The minimum atomic E-state index is -0.530. The fourth-order valence-corrected chi connectivity index (χ4v) is 1.49. The molecule has 5 heteroatoms. The average Bonchev–Trinajstić information content (AvgIpc) is 2.47. The smallest absolute Gasteiger partial charge is 0.411 e. The predicted octanol–water partition coefficient (Wildman–Crippen LogP) is 3.92. The molecule has 0 bridgehead atoms. The van der Waals surface area contributed by atoms with Crippen molar-refractivity contribution in [3.05, 3.63) is 65.1 Å². The maximum Gasteiger partial charge on any atom is 0.411 e. The van der Waals surface area contributed by atoms with Crippen LogP contribution in [-0.2, 0) is 11.3 Å². The molecule has 94 valence electrons. The Balaban J connectivity index is 1.86. The number of ether oxygens (including phenoxy) is 1. The van der Waals surface area contributed by atoms with E-state index in [9.17, 15) is 4.79 Å². The average molecular weight is 254 g/mol. The summed E-state index contributed by atoms with van der Waals surface area (Å²) in [6.07, 6.45) is -0.530. The van der Waals surface area contributed by atoms with Gasteiger partial charge in [-0.1, -0.05) is 30.3 Å². The molecule has 5 nitrogen and oxygen atoms in total. The normalized spacial score (nSPS) is 9.42. The van der Waals surface area contributed by atoms with Crippen molar-refractivity contribution in [2.45, 2.75) is 6.61 Å². The molecule has 2 aromatic rings. The van der Waals surface area contributed by atoms with Crippen LogP contribution in [0.15, 0.2) is 54.6 Å². The SMILES string of the molecule is N#[N+]c1ccc(NC(=O)OCc2ccccc2)cc1. The van der Waals surface area contributed by atoms with E-state index >= 15 is 0 Å². The first-order valence-corrected chi connectivity index (χ1v) is 5.71. The standard InChI is InChI=1S/C14H11N3O2/c15-17-13-8-6-12(7-9-13)16-14(18)19-10-11-4-2-1-3-5-11/h1-9H,10H2/p+1. The number of carbonyl (C=O) groups excluding carboxylic acids is 1. The quantitative estimate of drug-likeness (QED) is 0.844. The molecule has 0 saturated carbocycles. The molecule has 1 N–H and O–H groups in total. The van der Waals surface area contributed by atoms with Crippen molar-refractivity contribution in [2.75, 3.05) is 5.32 Å². The van der Waals surface area contributed by atoms with Gasteiger partial charge in [0.15, 0.2) is 4.98 Å². The Morgan fingerprint density at radius 2 is 1.79 bits per heavy atom. The molecule has 19 heavy (non-hydrogen) atoms. The van der Waals surface area contributed by atoms with Gasteiger partial charge in [0.25, 0.3) is 0 Å². The van der Waals surface area contributed by atoms with E-state index in [1.54, 1.807) is 24.3 Å². The van der Waals surface area contributed by atoms with E-state index in [2.05, 4.69) is 10.3 Å². The van der Waals surface area contributed by atoms with E-state index in [1.165, 1.54) is 0 Å². The van der Waals surface area contributed by atoms with Crippen molar-refractivity contribution in [3.8, 4) is 0 Å². The molecule has 0 aliphatic carbocycles. The van der Waals surface area contributed by atoms with Crippen LogP contribution in [0.4, 0.5) is 16.2 Å². The summed E-state index contributed by atoms with van der Waals surface area (Å²) >= 11 is 0. The van der Waals surface area contributed by atoms with E-state index in [4.69, 9.17) is 10.1 Å². The Labute approximate surface area is 110 Å². The second kappa shape index (κ2) is 6.17. The fourth-order valence-electron chi connectivity index (χ4n) is 1.49. The lowest BCUT2D eigenvalue weighted by molar-refractivity contribution is 0.155. The monoisotopic (exact) mass is 254 g/mol. The maximum atomic E-state index is 11.5. The summed E-state index contributed by atoms with van der Waals surface area (Å²) < 4.78 is 5.07. The minimum absolute atomic E-state index is 0.219. The predicted molar refractivity (Wildman–Crippen MR) is 71.4 cm³/mol. The highest BCUT2D eigenvalue weighted by Gasteiger charge is 2.06. The van der Waals surface area contributed by atoms with Crippen molar-refractivity contribution in [2.24, 2.45) is 0 Å². The van der Waals surface area contributed by atoms with Gasteiger partial charge in [-0.25, -0.2) is 4.79 Å². The van der Waals surface area contributed by atoms with E-state index in [0.29, 0.717) is 11.4 Å². The molecule has 0 atom stereocenters. The van der Waals surface area contributed by atoms with Crippen molar-refractivity contribution in [1.29, 1.82) is 5.39 Å². The number of diazo groups is 1. The number of rotatable bonds is 3. The molecular formula is C14H12N3O2+. The molecule has 0 aromatic heterocycles. The summed E-state index contributed by atoms with van der Waals surface area (Å²) in [7, 11) is 0. The summed E-state index contributed by atoms with van der Waals surface area (Å²) in [5.41, 5.74) is 1.92.